The van der Waals surface area contributed by atoms with Crippen LogP contribution in [-0.2, 0) is 4.79 Å². The highest BCUT2D eigenvalue weighted by molar-refractivity contribution is 7.99. The fourth-order valence-electron chi connectivity index (χ4n) is 2.92. The summed E-state index contributed by atoms with van der Waals surface area (Å²) < 4.78 is 2.06. The van der Waals surface area contributed by atoms with Crippen molar-refractivity contribution >= 4 is 50.7 Å². The zero-order chi connectivity index (χ0) is 18.3. The molecule has 26 heavy (non-hydrogen) atoms. The van der Waals surface area contributed by atoms with Crippen LogP contribution in [0.4, 0.5) is 5.13 Å². The maximum Gasteiger partial charge on any atom is 0.236 e. The van der Waals surface area contributed by atoms with Crippen molar-refractivity contribution in [1.29, 1.82) is 0 Å². The number of carbonyl (C=O) groups is 1. The Labute approximate surface area is 158 Å². The van der Waals surface area contributed by atoms with Gasteiger partial charge in [0, 0.05) is 11.6 Å². The average molecular weight is 384 g/mol. The molecule has 4 rings (SSSR count). The predicted molar refractivity (Wildman–Crippen MR) is 106 cm³/mol. The van der Waals surface area contributed by atoms with Gasteiger partial charge in [-0.15, -0.1) is 21.5 Å². The van der Waals surface area contributed by atoms with Gasteiger partial charge in [-0.1, -0.05) is 23.9 Å². The fraction of sp³-hybridized carbons (Fsp3) is 0.222. The third-order valence-electron chi connectivity index (χ3n) is 4.33. The lowest BCUT2D eigenvalue weighted by atomic mass is 10.0. The molecule has 4 aromatic rings. The molecule has 0 saturated heterocycles. The third kappa shape index (κ3) is 2.95. The van der Waals surface area contributed by atoms with Gasteiger partial charge in [-0.05, 0) is 48.9 Å². The summed E-state index contributed by atoms with van der Waals surface area (Å²) in [6, 6.07) is 6.38. The molecule has 6 nitrogen and oxygen atoms in total. The van der Waals surface area contributed by atoms with Crippen molar-refractivity contribution in [2.24, 2.45) is 0 Å². The lowest BCUT2D eigenvalue weighted by Crippen LogP contribution is -2.14. The SMILES string of the molecule is Cc1ccc2cc(C)c3nnc(SCC(=O)Nc4nccs4)n3c2c1C. The minimum atomic E-state index is -0.105. The maximum atomic E-state index is 12.2. The van der Waals surface area contributed by atoms with E-state index in [4.69, 9.17) is 0 Å². The Balaban J connectivity index is 1.71. The Kier molecular flexibility index (Phi) is 4.37. The van der Waals surface area contributed by atoms with Crippen molar-refractivity contribution in [2.75, 3.05) is 11.1 Å². The monoisotopic (exact) mass is 383 g/mol. The lowest BCUT2D eigenvalue weighted by Gasteiger charge is -2.11. The first-order valence-electron chi connectivity index (χ1n) is 8.11. The molecular formula is C18H17N5OS2. The number of hydrogen-bond donors (Lipinski definition) is 1. The lowest BCUT2D eigenvalue weighted by molar-refractivity contribution is -0.113. The van der Waals surface area contributed by atoms with Crippen molar-refractivity contribution in [2.45, 2.75) is 25.9 Å². The molecule has 0 saturated carbocycles. The van der Waals surface area contributed by atoms with E-state index in [0.717, 1.165) is 27.3 Å². The van der Waals surface area contributed by atoms with Crippen molar-refractivity contribution in [3.8, 4) is 0 Å². The van der Waals surface area contributed by atoms with Crippen LogP contribution in [-0.4, -0.2) is 31.2 Å². The Bertz CT molecular complexity index is 1120. The molecule has 0 spiro atoms. The molecule has 0 aliphatic rings. The first-order valence-corrected chi connectivity index (χ1v) is 9.98. The normalized spacial score (nSPS) is 11.3. The van der Waals surface area contributed by atoms with Crippen molar-refractivity contribution in [3.63, 3.8) is 0 Å². The number of amides is 1. The highest BCUT2D eigenvalue weighted by Gasteiger charge is 2.16. The van der Waals surface area contributed by atoms with Crippen LogP contribution in [0.5, 0.6) is 0 Å². The highest BCUT2D eigenvalue weighted by atomic mass is 32.2. The quantitative estimate of drug-likeness (QED) is 0.539. The second kappa shape index (κ2) is 6.69. The second-order valence-electron chi connectivity index (χ2n) is 6.09. The van der Waals surface area contributed by atoms with E-state index < -0.39 is 0 Å². The molecule has 1 aromatic carbocycles. The Morgan fingerprint density at radius 1 is 1.23 bits per heavy atom. The Hall–Kier alpha value is -2.45. The zero-order valence-electron chi connectivity index (χ0n) is 14.6. The van der Waals surface area contributed by atoms with Crippen LogP contribution in [0.15, 0.2) is 34.9 Å². The van der Waals surface area contributed by atoms with Crippen molar-refractivity contribution in [3.05, 3.63) is 46.5 Å². The number of pyridine rings is 1. The van der Waals surface area contributed by atoms with Crippen LogP contribution in [0.3, 0.4) is 0 Å². The number of thioether (sulfide) groups is 1. The first kappa shape index (κ1) is 17.0. The summed E-state index contributed by atoms with van der Waals surface area (Å²) in [5.74, 6) is 0.146. The van der Waals surface area contributed by atoms with Gasteiger partial charge in [0.15, 0.2) is 15.9 Å². The predicted octanol–water partition coefficient (Wildman–Crippen LogP) is 4.00. The van der Waals surface area contributed by atoms with E-state index in [9.17, 15) is 4.79 Å². The molecule has 8 heteroatoms. The largest absolute Gasteiger partial charge is 0.301 e. The van der Waals surface area contributed by atoms with E-state index >= 15 is 0 Å². The first-order chi connectivity index (χ1) is 12.5. The van der Waals surface area contributed by atoms with E-state index in [-0.39, 0.29) is 11.7 Å². The van der Waals surface area contributed by atoms with Gasteiger partial charge in [0.25, 0.3) is 0 Å². The molecule has 0 fully saturated rings. The molecule has 0 aliphatic carbocycles. The van der Waals surface area contributed by atoms with Crippen molar-refractivity contribution in [1.82, 2.24) is 19.6 Å². The molecule has 132 valence electrons. The van der Waals surface area contributed by atoms with E-state index in [1.165, 1.54) is 34.2 Å². The number of hydrogen-bond acceptors (Lipinski definition) is 6. The molecule has 1 N–H and O–H groups in total. The van der Waals surface area contributed by atoms with Gasteiger partial charge in [-0.25, -0.2) is 4.98 Å². The van der Waals surface area contributed by atoms with Crippen molar-refractivity contribution < 1.29 is 4.79 Å². The number of nitrogens with zero attached hydrogens (tertiary/aromatic N) is 4. The van der Waals surface area contributed by atoms with Gasteiger partial charge >= 0.3 is 0 Å². The van der Waals surface area contributed by atoms with Gasteiger partial charge in [0.1, 0.15) is 0 Å². The van der Waals surface area contributed by atoms with E-state index in [1.807, 2.05) is 12.3 Å². The van der Waals surface area contributed by atoms with Crippen LogP contribution in [0.1, 0.15) is 16.7 Å². The number of aromatic nitrogens is 4. The summed E-state index contributed by atoms with van der Waals surface area (Å²) in [6.07, 6.45) is 1.67. The average Bonchev–Trinajstić information content (AvgIpc) is 3.26. The summed E-state index contributed by atoms with van der Waals surface area (Å²) >= 11 is 2.78. The van der Waals surface area contributed by atoms with Gasteiger partial charge in [-0.3, -0.25) is 9.20 Å². The summed E-state index contributed by atoms with van der Waals surface area (Å²) in [6.45, 7) is 6.23. The molecule has 3 aromatic heterocycles. The van der Waals surface area contributed by atoms with Gasteiger partial charge in [0.2, 0.25) is 5.91 Å². The van der Waals surface area contributed by atoms with Gasteiger partial charge in [-0.2, -0.15) is 0 Å². The summed E-state index contributed by atoms with van der Waals surface area (Å²) in [5, 5.41) is 15.8. The molecule has 1 amide bonds. The third-order valence-corrected chi connectivity index (χ3v) is 5.94. The number of benzene rings is 1. The molecule has 0 radical (unpaired) electrons. The summed E-state index contributed by atoms with van der Waals surface area (Å²) in [7, 11) is 0. The standard InChI is InChI=1S/C18H17N5OS2/c1-10-4-5-13-8-11(2)16-21-22-18(23(16)15(13)12(10)3)26-9-14(24)20-17-19-6-7-25-17/h4-8H,9H2,1-3H3,(H,19,20,24). The van der Waals surface area contributed by atoms with Gasteiger partial charge < -0.3 is 5.32 Å². The molecule has 0 atom stereocenters. The fourth-order valence-corrected chi connectivity index (χ4v) is 4.21. The van der Waals surface area contributed by atoms with Crippen LogP contribution >= 0.6 is 23.1 Å². The summed E-state index contributed by atoms with van der Waals surface area (Å²) in [5.41, 5.74) is 5.40. The molecule has 0 bridgehead atoms. The highest BCUT2D eigenvalue weighted by Crippen LogP contribution is 2.29. The van der Waals surface area contributed by atoms with E-state index in [0.29, 0.717) is 5.13 Å². The van der Waals surface area contributed by atoms with Crippen LogP contribution < -0.4 is 5.32 Å². The number of rotatable bonds is 4. The maximum absolute atomic E-state index is 12.2. The van der Waals surface area contributed by atoms with Gasteiger partial charge in [0.05, 0.1) is 11.3 Å². The minimum absolute atomic E-state index is 0.105. The molecule has 3 heterocycles. The number of aryl methyl sites for hydroxylation is 3. The van der Waals surface area contributed by atoms with E-state index in [2.05, 4.69) is 56.9 Å². The molecule has 0 unspecified atom stereocenters. The zero-order valence-corrected chi connectivity index (χ0v) is 16.2. The topological polar surface area (TPSA) is 72.2 Å². The number of carbonyl (C=O) groups excluding carboxylic acids is 1. The van der Waals surface area contributed by atoms with E-state index in [1.54, 1.807) is 6.20 Å². The molecule has 0 aliphatic heterocycles. The Morgan fingerprint density at radius 2 is 2.08 bits per heavy atom. The smallest absolute Gasteiger partial charge is 0.236 e. The molecular weight excluding hydrogens is 366 g/mol. The Morgan fingerprint density at radius 3 is 2.85 bits per heavy atom. The number of anilines is 1. The number of fused-ring (bicyclic) bond motifs is 3. The minimum Gasteiger partial charge on any atom is -0.301 e. The van der Waals surface area contributed by atoms with Crippen LogP contribution in [0.2, 0.25) is 0 Å². The summed E-state index contributed by atoms with van der Waals surface area (Å²) in [4.78, 5) is 16.2. The number of thiazole rings is 1. The van der Waals surface area contributed by atoms with Crippen LogP contribution in [0.25, 0.3) is 16.6 Å². The second-order valence-corrected chi connectivity index (χ2v) is 7.93. The number of nitrogens with one attached hydrogen (secondary N) is 1. The van der Waals surface area contributed by atoms with Crippen LogP contribution in [0, 0.1) is 20.8 Å².